The van der Waals surface area contributed by atoms with Crippen molar-refractivity contribution in [1.29, 1.82) is 0 Å². The van der Waals surface area contributed by atoms with Gasteiger partial charge in [-0.3, -0.25) is 0 Å². The Morgan fingerprint density at radius 2 is 1.53 bits per heavy atom. The van der Waals surface area contributed by atoms with Crippen LogP contribution in [0.3, 0.4) is 0 Å². The zero-order valence-corrected chi connectivity index (χ0v) is 9.90. The summed E-state index contributed by atoms with van der Waals surface area (Å²) >= 11 is 0. The summed E-state index contributed by atoms with van der Waals surface area (Å²) < 4.78 is 0. The van der Waals surface area contributed by atoms with Crippen LogP contribution in [0.25, 0.3) is 12.2 Å². The van der Waals surface area contributed by atoms with E-state index in [4.69, 9.17) is 5.73 Å². The summed E-state index contributed by atoms with van der Waals surface area (Å²) in [5.74, 6) is 0. The van der Waals surface area contributed by atoms with Gasteiger partial charge in [-0.15, -0.1) is 0 Å². The second kappa shape index (κ2) is 3.77. The Balaban J connectivity index is 2.17. The fourth-order valence-corrected chi connectivity index (χ4v) is 2.38. The van der Waals surface area contributed by atoms with E-state index < -0.39 is 0 Å². The number of fused-ring (bicyclic) bond motifs is 2. The topological polar surface area (TPSA) is 26.0 Å². The average molecular weight is 221 g/mol. The first-order chi connectivity index (χ1) is 8.22. The van der Waals surface area contributed by atoms with Crippen molar-refractivity contribution in [3.63, 3.8) is 0 Å². The van der Waals surface area contributed by atoms with Crippen LogP contribution in [0.5, 0.6) is 0 Å². The van der Waals surface area contributed by atoms with Crippen molar-refractivity contribution >= 4 is 17.8 Å². The molecule has 0 amide bonds. The maximum Gasteiger partial charge on any atom is 0.0317 e. The molecular weight excluding hydrogens is 206 g/mol. The molecule has 0 spiro atoms. The minimum Gasteiger partial charge on any atom is -0.399 e. The highest BCUT2D eigenvalue weighted by molar-refractivity contribution is 5.76. The summed E-state index contributed by atoms with van der Waals surface area (Å²) in [6, 6.07) is 12.8. The fraction of sp³-hybridized carbons (Fsp3) is 0.125. The molecule has 0 heterocycles. The van der Waals surface area contributed by atoms with Crippen LogP contribution < -0.4 is 5.73 Å². The zero-order chi connectivity index (χ0) is 11.8. The van der Waals surface area contributed by atoms with Crippen molar-refractivity contribution in [2.75, 3.05) is 5.73 Å². The van der Waals surface area contributed by atoms with Gasteiger partial charge in [-0.1, -0.05) is 42.0 Å². The van der Waals surface area contributed by atoms with E-state index in [9.17, 15) is 0 Å². The Kier molecular flexibility index (Phi) is 2.25. The maximum absolute atomic E-state index is 5.86. The SMILES string of the molecule is Cc1ccc2c(c1)Cc1cc(N)ccc1C=C2. The molecule has 17 heavy (non-hydrogen) atoms. The molecule has 0 bridgehead atoms. The quantitative estimate of drug-likeness (QED) is 0.576. The van der Waals surface area contributed by atoms with Crippen molar-refractivity contribution in [2.24, 2.45) is 0 Å². The van der Waals surface area contributed by atoms with Gasteiger partial charge in [0.05, 0.1) is 0 Å². The molecule has 0 fully saturated rings. The molecule has 1 nitrogen and oxygen atoms in total. The summed E-state index contributed by atoms with van der Waals surface area (Å²) in [5.41, 5.74) is 13.3. The molecule has 0 radical (unpaired) electrons. The van der Waals surface area contributed by atoms with Crippen LogP contribution in [0.15, 0.2) is 36.4 Å². The normalized spacial score (nSPS) is 12.8. The molecular formula is C16H15N. The number of nitrogen functional groups attached to an aromatic ring is 1. The monoisotopic (exact) mass is 221 g/mol. The predicted octanol–water partition coefficient (Wildman–Crippen LogP) is 3.65. The van der Waals surface area contributed by atoms with E-state index in [0.717, 1.165) is 12.1 Å². The molecule has 1 aliphatic carbocycles. The van der Waals surface area contributed by atoms with Gasteiger partial charge >= 0.3 is 0 Å². The lowest BCUT2D eigenvalue weighted by atomic mass is 9.98. The molecule has 0 unspecified atom stereocenters. The summed E-state index contributed by atoms with van der Waals surface area (Å²) in [6.07, 6.45) is 5.33. The van der Waals surface area contributed by atoms with Gasteiger partial charge in [0, 0.05) is 5.69 Å². The Hall–Kier alpha value is -2.02. The highest BCUT2D eigenvalue weighted by Crippen LogP contribution is 2.26. The van der Waals surface area contributed by atoms with Crippen LogP contribution in [0, 0.1) is 6.92 Å². The highest BCUT2D eigenvalue weighted by Gasteiger charge is 2.09. The minimum atomic E-state index is 0.841. The number of nitrogens with two attached hydrogens (primary N) is 1. The molecule has 2 N–H and O–H groups in total. The first-order valence-corrected chi connectivity index (χ1v) is 5.88. The standard InChI is InChI=1S/C16H15N/c1-11-2-3-12-4-5-13-6-7-16(17)10-15(13)9-14(12)8-11/h2-8,10H,9,17H2,1H3. The lowest BCUT2D eigenvalue weighted by Gasteiger charge is -2.08. The van der Waals surface area contributed by atoms with Gasteiger partial charge in [0.25, 0.3) is 0 Å². The third-order valence-electron chi connectivity index (χ3n) is 3.29. The van der Waals surface area contributed by atoms with Gasteiger partial charge in [0.2, 0.25) is 0 Å². The van der Waals surface area contributed by atoms with E-state index >= 15 is 0 Å². The van der Waals surface area contributed by atoms with Gasteiger partial charge in [-0.2, -0.15) is 0 Å². The van der Waals surface area contributed by atoms with Crippen molar-refractivity contribution in [3.05, 3.63) is 64.2 Å². The summed E-state index contributed by atoms with van der Waals surface area (Å²) in [6.45, 7) is 2.13. The summed E-state index contributed by atoms with van der Waals surface area (Å²) in [4.78, 5) is 0. The average Bonchev–Trinajstić information content (AvgIpc) is 2.46. The van der Waals surface area contributed by atoms with Crippen molar-refractivity contribution in [2.45, 2.75) is 13.3 Å². The van der Waals surface area contributed by atoms with Gasteiger partial charge in [-0.05, 0) is 47.7 Å². The Morgan fingerprint density at radius 1 is 0.882 bits per heavy atom. The number of hydrogen-bond acceptors (Lipinski definition) is 1. The molecule has 0 aromatic heterocycles. The van der Waals surface area contributed by atoms with E-state index in [1.807, 2.05) is 6.07 Å². The van der Waals surface area contributed by atoms with Crippen LogP contribution in [0.4, 0.5) is 5.69 Å². The molecule has 1 heteroatoms. The second-order valence-electron chi connectivity index (χ2n) is 4.67. The molecule has 1 aliphatic rings. The Labute approximate surface area is 102 Å². The third kappa shape index (κ3) is 1.84. The lowest BCUT2D eigenvalue weighted by molar-refractivity contribution is 1.17. The number of aryl methyl sites for hydroxylation is 1. The van der Waals surface area contributed by atoms with Crippen LogP contribution >= 0.6 is 0 Å². The van der Waals surface area contributed by atoms with Gasteiger partial charge in [0.1, 0.15) is 0 Å². The Morgan fingerprint density at radius 3 is 2.29 bits per heavy atom. The third-order valence-corrected chi connectivity index (χ3v) is 3.29. The van der Waals surface area contributed by atoms with Crippen LogP contribution in [-0.4, -0.2) is 0 Å². The van der Waals surface area contributed by atoms with Crippen molar-refractivity contribution in [3.8, 4) is 0 Å². The van der Waals surface area contributed by atoms with Gasteiger partial charge in [-0.25, -0.2) is 0 Å². The van der Waals surface area contributed by atoms with Gasteiger partial charge < -0.3 is 5.73 Å². The molecule has 84 valence electrons. The van der Waals surface area contributed by atoms with E-state index in [1.165, 1.54) is 27.8 Å². The smallest absolute Gasteiger partial charge is 0.0317 e. The minimum absolute atomic E-state index is 0.841. The second-order valence-corrected chi connectivity index (χ2v) is 4.67. The molecule has 0 aliphatic heterocycles. The van der Waals surface area contributed by atoms with E-state index in [0.29, 0.717) is 0 Å². The molecule has 3 rings (SSSR count). The largest absolute Gasteiger partial charge is 0.399 e. The van der Waals surface area contributed by atoms with Crippen molar-refractivity contribution in [1.82, 2.24) is 0 Å². The fourth-order valence-electron chi connectivity index (χ4n) is 2.38. The number of hydrogen-bond donors (Lipinski definition) is 1. The van der Waals surface area contributed by atoms with Crippen LogP contribution in [0.2, 0.25) is 0 Å². The zero-order valence-electron chi connectivity index (χ0n) is 9.90. The van der Waals surface area contributed by atoms with E-state index in [1.54, 1.807) is 0 Å². The summed E-state index contributed by atoms with van der Waals surface area (Å²) in [5, 5.41) is 0. The number of rotatable bonds is 0. The van der Waals surface area contributed by atoms with Crippen molar-refractivity contribution < 1.29 is 0 Å². The van der Waals surface area contributed by atoms with Gasteiger partial charge in [0.15, 0.2) is 0 Å². The number of benzene rings is 2. The van der Waals surface area contributed by atoms with Crippen LogP contribution in [0.1, 0.15) is 27.8 Å². The molecule has 0 atom stereocenters. The first-order valence-electron chi connectivity index (χ1n) is 5.88. The summed E-state index contributed by atoms with van der Waals surface area (Å²) in [7, 11) is 0. The molecule has 2 aromatic rings. The van der Waals surface area contributed by atoms with E-state index in [-0.39, 0.29) is 0 Å². The Bertz CT molecular complexity index is 555. The maximum atomic E-state index is 5.86. The number of anilines is 1. The molecule has 2 aromatic carbocycles. The van der Waals surface area contributed by atoms with E-state index in [2.05, 4.69) is 49.4 Å². The molecule has 0 saturated heterocycles. The predicted molar refractivity (Wildman–Crippen MR) is 73.8 cm³/mol. The molecule has 0 saturated carbocycles. The van der Waals surface area contributed by atoms with Crippen LogP contribution in [-0.2, 0) is 6.42 Å². The first kappa shape index (κ1) is 10.2. The lowest BCUT2D eigenvalue weighted by Crippen LogP contribution is -1.95. The highest BCUT2D eigenvalue weighted by atomic mass is 14.5.